The van der Waals surface area contributed by atoms with Crippen molar-refractivity contribution in [3.63, 3.8) is 0 Å². The van der Waals surface area contributed by atoms with Crippen molar-refractivity contribution in [3.05, 3.63) is 133 Å². The molecule has 0 heterocycles. The first-order valence-corrected chi connectivity index (χ1v) is 10.7. The van der Waals surface area contributed by atoms with Crippen molar-refractivity contribution in [3.8, 4) is 11.1 Å². The first-order valence-electron chi connectivity index (χ1n) is 10.7. The highest BCUT2D eigenvalue weighted by Crippen LogP contribution is 2.39. The lowest BCUT2D eigenvalue weighted by atomic mass is 10.0. The molecule has 36 heavy (non-hydrogen) atoms. The van der Waals surface area contributed by atoms with Crippen molar-refractivity contribution in [2.75, 3.05) is 10.4 Å². The number of hydrogen-bond donors (Lipinski definition) is 1. The average molecular weight is 485 g/mol. The SMILES string of the molecule is O=[N+]([O-])c1cc([N+](=O)[O-])c(NN(Cc2ccc(-c3ccccc3)cc2)c2ccccc2)c([N+](=O)[O-])c1. The summed E-state index contributed by atoms with van der Waals surface area (Å²) >= 11 is 0. The fourth-order valence-corrected chi connectivity index (χ4v) is 3.66. The molecule has 180 valence electrons. The summed E-state index contributed by atoms with van der Waals surface area (Å²) in [4.78, 5) is 32.0. The topological polar surface area (TPSA) is 145 Å². The molecule has 1 N–H and O–H groups in total. The summed E-state index contributed by atoms with van der Waals surface area (Å²) in [5.41, 5.74) is 3.45. The predicted octanol–water partition coefficient (Wildman–Crippen LogP) is 6.11. The number of nitrogens with one attached hydrogen (secondary N) is 1. The van der Waals surface area contributed by atoms with E-state index >= 15 is 0 Å². The molecule has 0 bridgehead atoms. The third-order valence-electron chi connectivity index (χ3n) is 5.40. The normalized spacial score (nSPS) is 10.4. The summed E-state index contributed by atoms with van der Waals surface area (Å²) in [6.45, 7) is 0.185. The molecule has 0 saturated heterocycles. The molecule has 0 atom stereocenters. The van der Waals surface area contributed by atoms with Crippen LogP contribution in [-0.2, 0) is 6.54 Å². The lowest BCUT2D eigenvalue weighted by Crippen LogP contribution is -2.30. The zero-order valence-electron chi connectivity index (χ0n) is 18.7. The van der Waals surface area contributed by atoms with Gasteiger partial charge in [0, 0.05) is 0 Å². The highest BCUT2D eigenvalue weighted by molar-refractivity contribution is 5.78. The van der Waals surface area contributed by atoms with E-state index in [1.807, 2.05) is 54.6 Å². The second-order valence-corrected chi connectivity index (χ2v) is 7.73. The number of benzene rings is 4. The molecular weight excluding hydrogens is 466 g/mol. The number of nitro benzene ring substituents is 3. The van der Waals surface area contributed by atoms with Crippen LogP contribution in [0.25, 0.3) is 11.1 Å². The van der Waals surface area contributed by atoms with E-state index < -0.39 is 37.5 Å². The summed E-state index contributed by atoms with van der Waals surface area (Å²) in [5, 5.41) is 36.2. The molecule has 0 aliphatic heterocycles. The minimum absolute atomic E-state index is 0.185. The Morgan fingerprint density at radius 3 is 1.64 bits per heavy atom. The van der Waals surface area contributed by atoms with E-state index in [-0.39, 0.29) is 6.54 Å². The van der Waals surface area contributed by atoms with Gasteiger partial charge in [0.1, 0.15) is 0 Å². The van der Waals surface area contributed by atoms with Crippen LogP contribution >= 0.6 is 0 Å². The minimum atomic E-state index is -0.910. The van der Waals surface area contributed by atoms with Crippen molar-refractivity contribution in [2.24, 2.45) is 0 Å². The van der Waals surface area contributed by atoms with Gasteiger partial charge < -0.3 is 0 Å². The van der Waals surface area contributed by atoms with Gasteiger partial charge in [-0.25, -0.2) is 0 Å². The van der Waals surface area contributed by atoms with Crippen LogP contribution in [0.3, 0.4) is 0 Å². The molecule has 0 unspecified atom stereocenters. The molecule has 0 radical (unpaired) electrons. The van der Waals surface area contributed by atoms with Gasteiger partial charge in [-0.1, -0.05) is 72.8 Å². The quantitative estimate of drug-likeness (QED) is 0.221. The Labute approximate surface area is 204 Å². The van der Waals surface area contributed by atoms with E-state index in [1.165, 1.54) is 5.01 Å². The van der Waals surface area contributed by atoms with E-state index in [0.29, 0.717) is 17.8 Å². The van der Waals surface area contributed by atoms with Gasteiger partial charge in [0.25, 0.3) is 5.69 Å². The van der Waals surface area contributed by atoms with E-state index in [0.717, 1.165) is 16.7 Å². The van der Waals surface area contributed by atoms with Crippen LogP contribution in [0.15, 0.2) is 97.1 Å². The minimum Gasteiger partial charge on any atom is -0.286 e. The average Bonchev–Trinajstić information content (AvgIpc) is 2.89. The number of hydrogen-bond acceptors (Lipinski definition) is 8. The predicted molar refractivity (Wildman–Crippen MR) is 135 cm³/mol. The van der Waals surface area contributed by atoms with Crippen LogP contribution in [0.4, 0.5) is 28.4 Å². The molecule has 0 spiro atoms. The van der Waals surface area contributed by atoms with Crippen molar-refractivity contribution in [1.82, 2.24) is 0 Å². The molecule has 4 aromatic carbocycles. The maximum Gasteiger partial charge on any atom is 0.308 e. The lowest BCUT2D eigenvalue weighted by Gasteiger charge is -2.26. The molecule has 11 heteroatoms. The van der Waals surface area contributed by atoms with Crippen molar-refractivity contribution in [2.45, 2.75) is 6.54 Å². The van der Waals surface area contributed by atoms with Gasteiger partial charge >= 0.3 is 11.4 Å². The van der Waals surface area contributed by atoms with Gasteiger partial charge in [0.15, 0.2) is 0 Å². The van der Waals surface area contributed by atoms with Gasteiger partial charge in [0.05, 0.1) is 39.1 Å². The molecule has 0 fully saturated rings. The maximum atomic E-state index is 11.7. The smallest absolute Gasteiger partial charge is 0.286 e. The van der Waals surface area contributed by atoms with Gasteiger partial charge in [-0.2, -0.15) is 0 Å². The van der Waals surface area contributed by atoms with Crippen LogP contribution in [0.1, 0.15) is 5.56 Å². The molecule has 11 nitrogen and oxygen atoms in total. The molecular formula is C25H19N5O6. The van der Waals surface area contributed by atoms with Crippen LogP contribution in [0, 0.1) is 30.3 Å². The Bertz CT molecular complexity index is 1380. The largest absolute Gasteiger partial charge is 0.308 e. The van der Waals surface area contributed by atoms with E-state index in [1.54, 1.807) is 30.3 Å². The number of non-ortho nitro benzene ring substituents is 1. The summed E-state index contributed by atoms with van der Waals surface area (Å²) in [6.07, 6.45) is 0. The highest BCUT2D eigenvalue weighted by atomic mass is 16.6. The molecule has 4 aromatic rings. The summed E-state index contributed by atoms with van der Waals surface area (Å²) in [7, 11) is 0. The number of nitro groups is 3. The fourth-order valence-electron chi connectivity index (χ4n) is 3.66. The first kappa shape index (κ1) is 23.8. The van der Waals surface area contributed by atoms with E-state index in [4.69, 9.17) is 0 Å². The zero-order chi connectivity index (χ0) is 25.7. The number of nitrogens with zero attached hydrogens (tertiary/aromatic N) is 4. The molecule has 4 rings (SSSR count). The number of anilines is 2. The third kappa shape index (κ3) is 5.25. The fraction of sp³-hybridized carbons (Fsp3) is 0.0400. The van der Waals surface area contributed by atoms with Crippen molar-refractivity contribution >= 4 is 28.4 Å². The molecule has 0 saturated carbocycles. The van der Waals surface area contributed by atoms with Crippen LogP contribution < -0.4 is 10.4 Å². The summed E-state index contributed by atoms with van der Waals surface area (Å²) < 4.78 is 0. The Hall–Kier alpha value is -5.32. The van der Waals surface area contributed by atoms with Crippen molar-refractivity contribution < 1.29 is 14.8 Å². The zero-order valence-corrected chi connectivity index (χ0v) is 18.7. The number of para-hydroxylation sites is 1. The summed E-state index contributed by atoms with van der Waals surface area (Å²) in [6, 6.07) is 27.6. The Morgan fingerprint density at radius 2 is 1.14 bits per heavy atom. The lowest BCUT2D eigenvalue weighted by molar-refractivity contribution is -0.401. The van der Waals surface area contributed by atoms with Crippen molar-refractivity contribution in [1.29, 1.82) is 0 Å². The molecule has 0 amide bonds. The second kappa shape index (κ2) is 10.3. The molecule has 0 aliphatic carbocycles. The van der Waals surface area contributed by atoms with Gasteiger partial charge in [-0.3, -0.25) is 40.8 Å². The van der Waals surface area contributed by atoms with Gasteiger partial charge in [-0.15, -0.1) is 0 Å². The van der Waals surface area contributed by atoms with Crippen LogP contribution in [0.5, 0.6) is 0 Å². The Balaban J connectivity index is 1.73. The second-order valence-electron chi connectivity index (χ2n) is 7.73. The van der Waals surface area contributed by atoms with Crippen LogP contribution in [-0.4, -0.2) is 14.8 Å². The maximum absolute atomic E-state index is 11.7. The van der Waals surface area contributed by atoms with Crippen LogP contribution in [0.2, 0.25) is 0 Å². The van der Waals surface area contributed by atoms with E-state index in [2.05, 4.69) is 5.43 Å². The monoisotopic (exact) mass is 485 g/mol. The number of rotatable bonds is 9. The third-order valence-corrected chi connectivity index (χ3v) is 5.40. The van der Waals surface area contributed by atoms with Gasteiger partial charge in [0.2, 0.25) is 5.69 Å². The van der Waals surface area contributed by atoms with E-state index in [9.17, 15) is 30.3 Å². The van der Waals surface area contributed by atoms with Gasteiger partial charge in [-0.05, 0) is 28.8 Å². The Morgan fingerprint density at radius 1 is 0.639 bits per heavy atom. The first-order chi connectivity index (χ1) is 17.3. The molecule has 0 aromatic heterocycles. The highest BCUT2D eigenvalue weighted by Gasteiger charge is 2.32. The summed E-state index contributed by atoms with van der Waals surface area (Å²) in [5.74, 6) is 0. The number of hydrazine groups is 1. The standard InChI is InChI=1S/C25H19N5O6/c31-28(32)22-15-23(29(33)34)25(24(16-22)30(35)36)26-27(21-9-5-2-6-10-21)17-18-11-13-20(14-12-18)19-7-3-1-4-8-19/h1-16,26H,17H2. The molecule has 0 aliphatic rings. The Kier molecular flexibility index (Phi) is 6.82.